The van der Waals surface area contributed by atoms with Crippen LogP contribution < -0.4 is 5.32 Å². The van der Waals surface area contributed by atoms with Crippen molar-refractivity contribution in [3.63, 3.8) is 0 Å². The lowest BCUT2D eigenvalue weighted by molar-refractivity contribution is 0.265. The van der Waals surface area contributed by atoms with Crippen molar-refractivity contribution in [1.82, 2.24) is 9.62 Å². The van der Waals surface area contributed by atoms with Crippen LogP contribution in [0.2, 0.25) is 0 Å². The Morgan fingerprint density at radius 2 is 1.67 bits per heavy atom. The van der Waals surface area contributed by atoms with Gasteiger partial charge < -0.3 is 5.32 Å². The van der Waals surface area contributed by atoms with Gasteiger partial charge >= 0.3 is 0 Å². The zero-order valence-corrected chi connectivity index (χ0v) is 12.2. The quantitative estimate of drug-likeness (QED) is 0.849. The van der Waals surface area contributed by atoms with Gasteiger partial charge in [-0.05, 0) is 38.8 Å². The van der Waals surface area contributed by atoms with Gasteiger partial charge in [-0.25, -0.2) is 8.42 Å². The zero-order valence-electron chi connectivity index (χ0n) is 11.4. The van der Waals surface area contributed by atoms with Crippen molar-refractivity contribution in [3.8, 4) is 0 Å². The minimum absolute atomic E-state index is 0.110. The highest BCUT2D eigenvalue weighted by atomic mass is 32.2. The minimum Gasteiger partial charge on any atom is -0.317 e. The molecule has 0 radical (unpaired) electrons. The third-order valence-electron chi connectivity index (χ3n) is 4.33. The van der Waals surface area contributed by atoms with Crippen LogP contribution in [0.25, 0.3) is 0 Å². The molecule has 1 N–H and O–H groups in total. The van der Waals surface area contributed by atoms with E-state index in [1.807, 2.05) is 6.92 Å². The van der Waals surface area contributed by atoms with Crippen LogP contribution in [-0.2, 0) is 10.0 Å². The Hall–Kier alpha value is -0.130. The van der Waals surface area contributed by atoms with Gasteiger partial charge in [0.25, 0.3) is 0 Å². The Kier molecular flexibility index (Phi) is 5.04. The van der Waals surface area contributed by atoms with E-state index in [1.165, 1.54) is 6.42 Å². The van der Waals surface area contributed by atoms with Crippen LogP contribution in [0, 0.1) is 0 Å². The average Bonchev–Trinajstić information content (AvgIpc) is 2.41. The van der Waals surface area contributed by atoms with Crippen molar-refractivity contribution >= 4 is 10.0 Å². The standard InChI is InChI=1S/C13H26N2O2S/c1-2-15(12-8-10-14-11-9-12)18(16,17)13-6-4-3-5-7-13/h12-14H,2-11H2,1H3. The maximum Gasteiger partial charge on any atom is 0.217 e. The lowest BCUT2D eigenvalue weighted by Gasteiger charge is -2.36. The lowest BCUT2D eigenvalue weighted by atomic mass is 10.0. The molecule has 1 saturated heterocycles. The highest BCUT2D eigenvalue weighted by Gasteiger charge is 2.36. The zero-order chi connectivity index (χ0) is 13.0. The summed E-state index contributed by atoms with van der Waals surface area (Å²) in [6, 6.07) is 0.225. The van der Waals surface area contributed by atoms with E-state index in [2.05, 4.69) is 5.32 Å². The van der Waals surface area contributed by atoms with Crippen LogP contribution in [-0.4, -0.2) is 43.6 Å². The smallest absolute Gasteiger partial charge is 0.217 e. The van der Waals surface area contributed by atoms with Gasteiger partial charge in [-0.2, -0.15) is 4.31 Å². The summed E-state index contributed by atoms with van der Waals surface area (Å²) in [5.74, 6) is 0. The maximum atomic E-state index is 12.7. The van der Waals surface area contributed by atoms with E-state index in [0.29, 0.717) is 6.54 Å². The van der Waals surface area contributed by atoms with Crippen LogP contribution in [0.1, 0.15) is 51.9 Å². The molecule has 0 amide bonds. The second-order valence-electron chi connectivity index (χ2n) is 5.49. The summed E-state index contributed by atoms with van der Waals surface area (Å²) in [4.78, 5) is 0. The molecule has 0 aromatic heterocycles. The summed E-state index contributed by atoms with van der Waals surface area (Å²) < 4.78 is 27.2. The van der Waals surface area contributed by atoms with Crippen molar-refractivity contribution < 1.29 is 8.42 Å². The van der Waals surface area contributed by atoms with Crippen molar-refractivity contribution in [3.05, 3.63) is 0 Å². The molecule has 1 heterocycles. The molecule has 2 fully saturated rings. The summed E-state index contributed by atoms with van der Waals surface area (Å²) in [6.07, 6.45) is 7.00. The molecule has 0 aromatic rings. The minimum atomic E-state index is -3.07. The van der Waals surface area contributed by atoms with Crippen molar-refractivity contribution in [1.29, 1.82) is 0 Å². The van der Waals surface area contributed by atoms with Crippen molar-refractivity contribution in [2.75, 3.05) is 19.6 Å². The summed E-state index contributed by atoms with van der Waals surface area (Å²) in [6.45, 7) is 4.49. The third-order valence-corrected chi connectivity index (χ3v) is 6.85. The molecule has 2 aliphatic rings. The van der Waals surface area contributed by atoms with Crippen molar-refractivity contribution in [2.45, 2.75) is 63.2 Å². The van der Waals surface area contributed by atoms with Gasteiger partial charge in [0.15, 0.2) is 0 Å². The van der Waals surface area contributed by atoms with E-state index < -0.39 is 10.0 Å². The molecule has 0 aromatic carbocycles. The van der Waals surface area contributed by atoms with Gasteiger partial charge in [0.05, 0.1) is 5.25 Å². The Morgan fingerprint density at radius 3 is 2.22 bits per heavy atom. The van der Waals surface area contributed by atoms with Gasteiger partial charge in [-0.1, -0.05) is 26.2 Å². The van der Waals surface area contributed by atoms with E-state index >= 15 is 0 Å². The van der Waals surface area contributed by atoms with Crippen LogP contribution in [0.3, 0.4) is 0 Å². The van der Waals surface area contributed by atoms with E-state index in [0.717, 1.165) is 51.6 Å². The Labute approximate surface area is 111 Å². The van der Waals surface area contributed by atoms with Crippen LogP contribution in [0.5, 0.6) is 0 Å². The molecule has 18 heavy (non-hydrogen) atoms. The molecule has 1 aliphatic heterocycles. The largest absolute Gasteiger partial charge is 0.317 e. The number of nitrogens with zero attached hydrogens (tertiary/aromatic N) is 1. The molecule has 1 aliphatic carbocycles. The lowest BCUT2D eigenvalue weighted by Crippen LogP contribution is -2.49. The average molecular weight is 274 g/mol. The van der Waals surface area contributed by atoms with Crippen LogP contribution >= 0.6 is 0 Å². The highest BCUT2D eigenvalue weighted by molar-refractivity contribution is 7.89. The summed E-state index contributed by atoms with van der Waals surface area (Å²) >= 11 is 0. The van der Waals surface area contributed by atoms with E-state index in [1.54, 1.807) is 4.31 Å². The van der Waals surface area contributed by atoms with E-state index in [9.17, 15) is 8.42 Å². The van der Waals surface area contributed by atoms with Gasteiger partial charge in [0.1, 0.15) is 0 Å². The highest BCUT2D eigenvalue weighted by Crippen LogP contribution is 2.28. The molecule has 0 spiro atoms. The molecular formula is C13H26N2O2S. The van der Waals surface area contributed by atoms with Gasteiger partial charge in [0.2, 0.25) is 10.0 Å². The molecule has 0 atom stereocenters. The number of hydrogen-bond donors (Lipinski definition) is 1. The number of piperidine rings is 1. The first-order chi connectivity index (χ1) is 8.66. The summed E-state index contributed by atoms with van der Waals surface area (Å²) in [5.41, 5.74) is 0. The second kappa shape index (κ2) is 6.35. The monoisotopic (exact) mass is 274 g/mol. The van der Waals surface area contributed by atoms with Gasteiger partial charge in [-0.15, -0.1) is 0 Å². The van der Waals surface area contributed by atoms with Crippen LogP contribution in [0.4, 0.5) is 0 Å². The summed E-state index contributed by atoms with van der Waals surface area (Å²) in [7, 11) is -3.07. The fourth-order valence-corrected chi connectivity index (χ4v) is 5.59. The number of nitrogens with one attached hydrogen (secondary N) is 1. The number of hydrogen-bond acceptors (Lipinski definition) is 3. The van der Waals surface area contributed by atoms with Crippen LogP contribution in [0.15, 0.2) is 0 Å². The predicted octanol–water partition coefficient (Wildman–Crippen LogP) is 1.72. The topological polar surface area (TPSA) is 49.4 Å². The SMILES string of the molecule is CCN(C1CCNCC1)S(=O)(=O)C1CCCCC1. The molecular weight excluding hydrogens is 248 g/mol. The molecule has 1 saturated carbocycles. The molecule has 0 bridgehead atoms. The maximum absolute atomic E-state index is 12.7. The van der Waals surface area contributed by atoms with E-state index in [4.69, 9.17) is 0 Å². The molecule has 106 valence electrons. The summed E-state index contributed by atoms with van der Waals surface area (Å²) in [5, 5.41) is 3.19. The van der Waals surface area contributed by atoms with Gasteiger partial charge in [-0.3, -0.25) is 0 Å². The fourth-order valence-electron chi connectivity index (χ4n) is 3.30. The normalized spacial score (nSPS) is 24.6. The first kappa shape index (κ1) is 14.3. The Balaban J connectivity index is 2.08. The predicted molar refractivity (Wildman–Crippen MR) is 74.1 cm³/mol. The third kappa shape index (κ3) is 3.06. The first-order valence-electron chi connectivity index (χ1n) is 7.37. The Morgan fingerprint density at radius 1 is 1.06 bits per heavy atom. The Bertz CT molecular complexity index is 344. The molecule has 0 unspecified atom stereocenters. The second-order valence-corrected chi connectivity index (χ2v) is 7.66. The van der Waals surface area contributed by atoms with E-state index in [-0.39, 0.29) is 11.3 Å². The fraction of sp³-hybridized carbons (Fsp3) is 1.00. The number of sulfonamides is 1. The molecule has 2 rings (SSSR count). The molecule has 4 nitrogen and oxygen atoms in total. The van der Waals surface area contributed by atoms with Crippen molar-refractivity contribution in [2.24, 2.45) is 0 Å². The number of rotatable bonds is 4. The van der Waals surface area contributed by atoms with Gasteiger partial charge in [0, 0.05) is 12.6 Å². The molecule has 5 heteroatoms. The first-order valence-corrected chi connectivity index (χ1v) is 8.88.